The van der Waals surface area contributed by atoms with Crippen LogP contribution < -0.4 is 5.73 Å². The Labute approximate surface area is 108 Å². The van der Waals surface area contributed by atoms with Gasteiger partial charge in [-0.15, -0.1) is 0 Å². The summed E-state index contributed by atoms with van der Waals surface area (Å²) in [5, 5.41) is 10.5. The molecule has 0 aromatic heterocycles. The van der Waals surface area contributed by atoms with Crippen molar-refractivity contribution in [3.05, 3.63) is 0 Å². The largest absolute Gasteiger partial charge is 0.392 e. The minimum Gasteiger partial charge on any atom is -0.392 e. The van der Waals surface area contributed by atoms with Crippen molar-refractivity contribution in [1.82, 2.24) is 0 Å². The van der Waals surface area contributed by atoms with Crippen molar-refractivity contribution in [3.63, 3.8) is 0 Å². The highest BCUT2D eigenvalue weighted by atomic mass is 19.3. The number of aliphatic hydroxyl groups is 1. The minimum atomic E-state index is -2.50. The van der Waals surface area contributed by atoms with Crippen LogP contribution in [0.1, 0.15) is 52.4 Å². The molecule has 3 N–H and O–H groups in total. The monoisotopic (exact) mass is 261 g/mol. The molecule has 0 amide bonds. The maximum Gasteiger partial charge on any atom is 0.248 e. The van der Waals surface area contributed by atoms with Crippen LogP contribution in [0, 0.1) is 16.7 Å². The highest BCUT2D eigenvalue weighted by Crippen LogP contribution is 2.54. The van der Waals surface area contributed by atoms with Gasteiger partial charge in [-0.25, -0.2) is 8.78 Å². The smallest absolute Gasteiger partial charge is 0.248 e. The molecule has 2 fully saturated rings. The van der Waals surface area contributed by atoms with Crippen LogP contribution in [0.5, 0.6) is 0 Å². The Morgan fingerprint density at radius 1 is 1.22 bits per heavy atom. The van der Waals surface area contributed by atoms with Crippen molar-refractivity contribution >= 4 is 0 Å². The number of rotatable bonds is 3. The molecule has 2 saturated carbocycles. The van der Waals surface area contributed by atoms with Gasteiger partial charge in [-0.3, -0.25) is 0 Å². The van der Waals surface area contributed by atoms with Gasteiger partial charge in [0, 0.05) is 24.8 Å². The molecule has 2 aliphatic carbocycles. The highest BCUT2D eigenvalue weighted by Gasteiger charge is 2.53. The molecule has 0 aliphatic heterocycles. The predicted octanol–water partition coefficient (Wildman–Crippen LogP) is 2.94. The fourth-order valence-corrected chi connectivity index (χ4v) is 3.98. The van der Waals surface area contributed by atoms with Crippen molar-refractivity contribution in [3.8, 4) is 0 Å². The normalized spacial score (nSPS) is 42.3. The molecule has 106 valence electrons. The van der Waals surface area contributed by atoms with Crippen LogP contribution in [0.4, 0.5) is 8.78 Å². The molecule has 0 aromatic carbocycles. The van der Waals surface area contributed by atoms with E-state index in [2.05, 4.69) is 0 Å². The SMILES string of the molecule is CC1(C)CCC(CN)(CC2CCC(F)(F)C2)C1O. The zero-order valence-electron chi connectivity index (χ0n) is 11.4. The second kappa shape index (κ2) is 4.41. The average molecular weight is 261 g/mol. The van der Waals surface area contributed by atoms with Gasteiger partial charge in [-0.05, 0) is 37.0 Å². The standard InChI is InChI=1S/C14H25F2NO/c1-12(2)5-6-13(9-17,11(12)18)7-10-3-4-14(15,16)8-10/h10-11,18H,3-9,17H2,1-2H3. The van der Waals surface area contributed by atoms with Crippen molar-refractivity contribution in [2.24, 2.45) is 22.5 Å². The fraction of sp³-hybridized carbons (Fsp3) is 1.00. The summed E-state index contributed by atoms with van der Waals surface area (Å²) in [5.74, 6) is -2.48. The Balaban J connectivity index is 2.07. The van der Waals surface area contributed by atoms with Crippen LogP contribution in [0.25, 0.3) is 0 Å². The van der Waals surface area contributed by atoms with E-state index in [0.29, 0.717) is 19.4 Å². The summed E-state index contributed by atoms with van der Waals surface area (Å²) >= 11 is 0. The van der Waals surface area contributed by atoms with E-state index < -0.39 is 12.0 Å². The van der Waals surface area contributed by atoms with Gasteiger partial charge in [-0.1, -0.05) is 13.8 Å². The Hall–Kier alpha value is -0.220. The number of alkyl halides is 2. The Morgan fingerprint density at radius 3 is 2.28 bits per heavy atom. The Bertz CT molecular complexity index is 319. The molecule has 3 atom stereocenters. The lowest BCUT2D eigenvalue weighted by atomic mass is 9.72. The Kier molecular flexibility index (Phi) is 3.48. The number of aliphatic hydroxyl groups excluding tert-OH is 1. The zero-order valence-corrected chi connectivity index (χ0v) is 11.4. The third kappa shape index (κ3) is 2.42. The van der Waals surface area contributed by atoms with Crippen molar-refractivity contribution in [1.29, 1.82) is 0 Å². The van der Waals surface area contributed by atoms with Gasteiger partial charge in [0.25, 0.3) is 0 Å². The molecule has 0 radical (unpaired) electrons. The second-order valence-corrected chi connectivity index (χ2v) is 7.13. The molecule has 2 nitrogen and oxygen atoms in total. The summed E-state index contributed by atoms with van der Waals surface area (Å²) in [7, 11) is 0. The number of nitrogens with two attached hydrogens (primary N) is 1. The van der Waals surface area contributed by atoms with E-state index in [9.17, 15) is 13.9 Å². The van der Waals surface area contributed by atoms with Crippen LogP contribution in [0.2, 0.25) is 0 Å². The first-order chi connectivity index (χ1) is 8.21. The van der Waals surface area contributed by atoms with E-state index in [-0.39, 0.29) is 29.6 Å². The van der Waals surface area contributed by atoms with E-state index in [4.69, 9.17) is 5.73 Å². The summed E-state index contributed by atoms with van der Waals surface area (Å²) < 4.78 is 26.5. The summed E-state index contributed by atoms with van der Waals surface area (Å²) in [6.45, 7) is 4.48. The topological polar surface area (TPSA) is 46.2 Å². The lowest BCUT2D eigenvalue weighted by molar-refractivity contribution is -0.0250. The summed E-state index contributed by atoms with van der Waals surface area (Å²) in [6, 6.07) is 0. The minimum absolute atomic E-state index is 0.00218. The maximum absolute atomic E-state index is 13.3. The molecule has 18 heavy (non-hydrogen) atoms. The van der Waals surface area contributed by atoms with Crippen LogP contribution in [-0.2, 0) is 0 Å². The molecule has 4 heteroatoms. The van der Waals surface area contributed by atoms with E-state index >= 15 is 0 Å². The molecule has 0 spiro atoms. The van der Waals surface area contributed by atoms with Gasteiger partial charge in [-0.2, -0.15) is 0 Å². The quantitative estimate of drug-likeness (QED) is 0.820. The maximum atomic E-state index is 13.3. The second-order valence-electron chi connectivity index (χ2n) is 7.13. The summed E-state index contributed by atoms with van der Waals surface area (Å²) in [5.41, 5.74) is 5.40. The average Bonchev–Trinajstić information content (AvgIpc) is 2.72. The van der Waals surface area contributed by atoms with Crippen LogP contribution >= 0.6 is 0 Å². The molecule has 0 heterocycles. The molecular formula is C14H25F2NO. The fourth-order valence-electron chi connectivity index (χ4n) is 3.98. The molecular weight excluding hydrogens is 236 g/mol. The first kappa shape index (κ1) is 14.2. The van der Waals surface area contributed by atoms with E-state index in [1.807, 2.05) is 13.8 Å². The van der Waals surface area contributed by atoms with Crippen molar-refractivity contribution in [2.75, 3.05) is 6.54 Å². The first-order valence-electron chi connectivity index (χ1n) is 6.97. The summed E-state index contributed by atoms with van der Waals surface area (Å²) in [6.07, 6.45) is 2.52. The van der Waals surface area contributed by atoms with Gasteiger partial charge < -0.3 is 10.8 Å². The van der Waals surface area contributed by atoms with Gasteiger partial charge in [0.05, 0.1) is 6.10 Å². The van der Waals surface area contributed by atoms with Gasteiger partial charge in [0.1, 0.15) is 0 Å². The molecule has 2 rings (SSSR count). The zero-order chi connectivity index (χ0) is 13.6. The van der Waals surface area contributed by atoms with Gasteiger partial charge in [0.2, 0.25) is 5.92 Å². The van der Waals surface area contributed by atoms with Crippen LogP contribution in [0.15, 0.2) is 0 Å². The molecule has 0 bridgehead atoms. The van der Waals surface area contributed by atoms with Crippen molar-refractivity contribution in [2.45, 2.75) is 64.4 Å². The third-order valence-electron chi connectivity index (χ3n) is 5.19. The van der Waals surface area contributed by atoms with E-state index in [0.717, 1.165) is 12.8 Å². The van der Waals surface area contributed by atoms with E-state index in [1.54, 1.807) is 0 Å². The van der Waals surface area contributed by atoms with Crippen LogP contribution in [-0.4, -0.2) is 23.7 Å². The number of halogens is 2. The van der Waals surface area contributed by atoms with Crippen LogP contribution in [0.3, 0.4) is 0 Å². The lowest BCUT2D eigenvalue weighted by Gasteiger charge is -2.37. The highest BCUT2D eigenvalue weighted by molar-refractivity contribution is 5.03. The molecule has 3 unspecified atom stereocenters. The van der Waals surface area contributed by atoms with Crippen molar-refractivity contribution < 1.29 is 13.9 Å². The molecule has 0 aromatic rings. The summed E-state index contributed by atoms with van der Waals surface area (Å²) in [4.78, 5) is 0. The lowest BCUT2D eigenvalue weighted by Crippen LogP contribution is -2.43. The Morgan fingerprint density at radius 2 is 1.89 bits per heavy atom. The van der Waals surface area contributed by atoms with Gasteiger partial charge >= 0.3 is 0 Å². The van der Waals surface area contributed by atoms with E-state index in [1.165, 1.54) is 0 Å². The molecule has 2 aliphatic rings. The third-order valence-corrected chi connectivity index (χ3v) is 5.19. The number of hydrogen-bond donors (Lipinski definition) is 2. The number of hydrogen-bond acceptors (Lipinski definition) is 2. The first-order valence-corrected chi connectivity index (χ1v) is 6.97. The predicted molar refractivity (Wildman–Crippen MR) is 67.4 cm³/mol. The van der Waals surface area contributed by atoms with Gasteiger partial charge in [0.15, 0.2) is 0 Å². The molecule has 0 saturated heterocycles.